The first kappa shape index (κ1) is 12.8. The molecule has 3 nitrogen and oxygen atoms in total. The van der Waals surface area contributed by atoms with Crippen LogP contribution in [0.3, 0.4) is 0 Å². The zero-order chi connectivity index (χ0) is 13.1. The van der Waals surface area contributed by atoms with Crippen molar-refractivity contribution in [2.24, 2.45) is 5.73 Å². The van der Waals surface area contributed by atoms with Gasteiger partial charge in [-0.3, -0.25) is 4.98 Å². The second-order valence-corrected chi connectivity index (χ2v) is 4.82. The molecule has 0 amide bonds. The maximum Gasteiger partial charge on any atom is 0.107 e. The second-order valence-electron chi connectivity index (χ2n) is 4.38. The van der Waals surface area contributed by atoms with Gasteiger partial charge in [-0.15, -0.1) is 0 Å². The Morgan fingerprint density at radius 1 is 1.44 bits per heavy atom. The van der Waals surface area contributed by atoms with E-state index in [2.05, 4.69) is 24.1 Å². The number of para-hydroxylation sites is 1. The molecule has 0 aliphatic heterocycles. The first-order chi connectivity index (χ1) is 8.63. The van der Waals surface area contributed by atoms with Crippen molar-refractivity contribution in [3.05, 3.63) is 36.0 Å². The number of hydrogen-bond donors (Lipinski definition) is 2. The minimum Gasteiger partial charge on any atom is -0.389 e. The molecule has 0 saturated carbocycles. The normalized spacial score (nSPS) is 12.3. The lowest BCUT2D eigenvalue weighted by molar-refractivity contribution is 0.765. The van der Waals surface area contributed by atoms with Crippen LogP contribution in [0.15, 0.2) is 30.5 Å². The number of thiocarbonyl (C=S) groups is 1. The van der Waals surface area contributed by atoms with E-state index in [1.54, 1.807) is 6.20 Å². The fourth-order valence-electron chi connectivity index (χ4n) is 1.83. The topological polar surface area (TPSA) is 50.9 Å². The van der Waals surface area contributed by atoms with Crippen LogP contribution in [0.25, 0.3) is 10.9 Å². The Hall–Kier alpha value is -1.68. The molecule has 1 aromatic carbocycles. The second kappa shape index (κ2) is 5.31. The quantitative estimate of drug-likeness (QED) is 0.828. The van der Waals surface area contributed by atoms with Gasteiger partial charge in [-0.1, -0.05) is 37.3 Å². The van der Waals surface area contributed by atoms with Gasteiger partial charge in [0.2, 0.25) is 0 Å². The first-order valence-corrected chi connectivity index (χ1v) is 6.48. The summed E-state index contributed by atoms with van der Waals surface area (Å²) in [5.41, 5.74) is 8.52. The summed E-state index contributed by atoms with van der Waals surface area (Å²) in [5, 5.41) is 4.54. The van der Waals surface area contributed by atoms with Gasteiger partial charge in [-0.05, 0) is 19.4 Å². The van der Waals surface area contributed by atoms with Crippen molar-refractivity contribution in [3.63, 3.8) is 0 Å². The monoisotopic (exact) mass is 259 g/mol. The van der Waals surface area contributed by atoms with Gasteiger partial charge < -0.3 is 11.1 Å². The maximum absolute atomic E-state index is 5.77. The van der Waals surface area contributed by atoms with Crippen LogP contribution in [0.2, 0.25) is 0 Å². The molecule has 18 heavy (non-hydrogen) atoms. The number of fused-ring (bicyclic) bond motifs is 1. The molecule has 2 rings (SSSR count). The van der Waals surface area contributed by atoms with Crippen LogP contribution in [-0.4, -0.2) is 16.0 Å². The highest BCUT2D eigenvalue weighted by atomic mass is 32.1. The van der Waals surface area contributed by atoms with Crippen molar-refractivity contribution >= 4 is 33.8 Å². The predicted molar refractivity (Wildman–Crippen MR) is 81.0 cm³/mol. The molecule has 1 atom stereocenters. The Labute approximate surface area is 112 Å². The van der Waals surface area contributed by atoms with E-state index >= 15 is 0 Å². The molecule has 4 heteroatoms. The average molecular weight is 259 g/mol. The summed E-state index contributed by atoms with van der Waals surface area (Å²) in [6.07, 6.45) is 2.78. The number of nitrogens with one attached hydrogen (secondary N) is 1. The number of nitrogens with two attached hydrogens (primary N) is 1. The minimum absolute atomic E-state index is 0.365. The average Bonchev–Trinajstić information content (AvgIpc) is 2.38. The minimum atomic E-state index is 0.365. The molecule has 1 heterocycles. The van der Waals surface area contributed by atoms with Crippen LogP contribution in [0.5, 0.6) is 0 Å². The molecule has 94 valence electrons. The lowest BCUT2D eigenvalue weighted by Gasteiger charge is -2.18. The van der Waals surface area contributed by atoms with Crippen molar-refractivity contribution in [1.82, 2.24) is 4.98 Å². The predicted octanol–water partition coefficient (Wildman–Crippen LogP) is 3.08. The zero-order valence-electron chi connectivity index (χ0n) is 10.6. The molecular weight excluding hydrogens is 242 g/mol. The van der Waals surface area contributed by atoms with Gasteiger partial charge in [0.1, 0.15) is 4.99 Å². The fourth-order valence-corrected chi connectivity index (χ4v) is 1.99. The Morgan fingerprint density at radius 3 is 2.83 bits per heavy atom. The van der Waals surface area contributed by atoms with Gasteiger partial charge in [0.05, 0.1) is 16.8 Å². The number of hydrogen-bond acceptors (Lipinski definition) is 3. The highest BCUT2D eigenvalue weighted by molar-refractivity contribution is 7.80. The van der Waals surface area contributed by atoms with E-state index in [0.717, 1.165) is 28.6 Å². The van der Waals surface area contributed by atoms with Gasteiger partial charge in [-0.2, -0.15) is 0 Å². The van der Waals surface area contributed by atoms with E-state index in [4.69, 9.17) is 18.0 Å². The summed E-state index contributed by atoms with van der Waals surface area (Å²) in [5.74, 6) is 0. The zero-order valence-corrected chi connectivity index (χ0v) is 11.4. The summed E-state index contributed by atoms with van der Waals surface area (Å²) in [4.78, 5) is 4.76. The summed E-state index contributed by atoms with van der Waals surface area (Å²) >= 11 is 5.10. The number of aromatic nitrogens is 1. The molecule has 2 aromatic rings. The van der Waals surface area contributed by atoms with Crippen molar-refractivity contribution in [3.8, 4) is 0 Å². The molecule has 0 saturated heterocycles. The lowest BCUT2D eigenvalue weighted by atomic mass is 10.1. The van der Waals surface area contributed by atoms with Crippen LogP contribution in [-0.2, 0) is 0 Å². The van der Waals surface area contributed by atoms with Crippen molar-refractivity contribution in [2.75, 3.05) is 5.32 Å². The number of benzene rings is 1. The molecule has 1 aromatic heterocycles. The van der Waals surface area contributed by atoms with E-state index in [0.29, 0.717) is 11.0 Å². The third-order valence-corrected chi connectivity index (χ3v) is 3.26. The van der Waals surface area contributed by atoms with E-state index < -0.39 is 0 Å². The molecule has 0 spiro atoms. The first-order valence-electron chi connectivity index (χ1n) is 6.07. The van der Waals surface area contributed by atoms with Gasteiger partial charge in [0, 0.05) is 17.6 Å². The summed E-state index contributed by atoms with van der Waals surface area (Å²) in [6, 6.07) is 8.36. The summed E-state index contributed by atoms with van der Waals surface area (Å²) in [6.45, 7) is 4.28. The van der Waals surface area contributed by atoms with Crippen molar-refractivity contribution in [1.29, 1.82) is 0 Å². The Kier molecular flexibility index (Phi) is 3.77. The Morgan fingerprint density at radius 2 is 2.17 bits per heavy atom. The smallest absolute Gasteiger partial charge is 0.107 e. The van der Waals surface area contributed by atoms with Crippen LogP contribution in [0, 0.1) is 0 Å². The maximum atomic E-state index is 5.77. The molecule has 0 fully saturated rings. The van der Waals surface area contributed by atoms with Gasteiger partial charge in [-0.25, -0.2) is 0 Å². The van der Waals surface area contributed by atoms with E-state index in [1.807, 2.05) is 24.3 Å². The van der Waals surface area contributed by atoms with Gasteiger partial charge >= 0.3 is 0 Å². The summed E-state index contributed by atoms with van der Waals surface area (Å²) in [7, 11) is 0. The standard InChI is InChI=1S/C14H17N3S/c1-3-9(2)17-13-10-6-4-5-7-12(10)16-8-11(13)14(15)18/h4-9H,3H2,1-2H3,(H2,15,18)(H,16,17). The fraction of sp³-hybridized carbons (Fsp3) is 0.286. The largest absolute Gasteiger partial charge is 0.389 e. The third-order valence-electron chi connectivity index (χ3n) is 3.04. The highest BCUT2D eigenvalue weighted by Crippen LogP contribution is 2.26. The van der Waals surface area contributed by atoms with Crippen LogP contribution >= 0.6 is 12.2 Å². The molecule has 0 radical (unpaired) electrons. The van der Waals surface area contributed by atoms with Gasteiger partial charge in [0.25, 0.3) is 0 Å². The van der Waals surface area contributed by atoms with Crippen LogP contribution in [0.4, 0.5) is 5.69 Å². The van der Waals surface area contributed by atoms with Crippen molar-refractivity contribution in [2.45, 2.75) is 26.3 Å². The molecule has 0 aliphatic carbocycles. The molecular formula is C14H17N3S. The van der Waals surface area contributed by atoms with Crippen LogP contribution < -0.4 is 11.1 Å². The highest BCUT2D eigenvalue weighted by Gasteiger charge is 2.12. The number of nitrogens with zero attached hydrogens (tertiary/aromatic N) is 1. The lowest BCUT2D eigenvalue weighted by Crippen LogP contribution is -2.19. The molecule has 3 N–H and O–H groups in total. The molecule has 0 bridgehead atoms. The SMILES string of the molecule is CCC(C)Nc1c(C(N)=S)cnc2ccccc12. The van der Waals surface area contributed by atoms with E-state index in [-0.39, 0.29) is 0 Å². The summed E-state index contributed by atoms with van der Waals surface area (Å²) < 4.78 is 0. The van der Waals surface area contributed by atoms with E-state index in [9.17, 15) is 0 Å². The number of anilines is 1. The number of pyridine rings is 1. The Balaban J connectivity index is 2.62. The number of rotatable bonds is 4. The van der Waals surface area contributed by atoms with E-state index in [1.165, 1.54) is 0 Å². The van der Waals surface area contributed by atoms with Crippen LogP contribution in [0.1, 0.15) is 25.8 Å². The molecule has 0 aliphatic rings. The van der Waals surface area contributed by atoms with Gasteiger partial charge in [0.15, 0.2) is 0 Å². The molecule has 1 unspecified atom stereocenters. The van der Waals surface area contributed by atoms with Crippen molar-refractivity contribution < 1.29 is 0 Å². The Bertz CT molecular complexity index is 580. The third kappa shape index (κ3) is 2.43.